The summed E-state index contributed by atoms with van der Waals surface area (Å²) >= 11 is 1.52. The topological polar surface area (TPSA) is 121 Å². The summed E-state index contributed by atoms with van der Waals surface area (Å²) in [7, 11) is 0. The summed E-state index contributed by atoms with van der Waals surface area (Å²) in [6.07, 6.45) is 2.26. The lowest BCUT2D eigenvalue weighted by molar-refractivity contribution is -0.136. The van der Waals surface area contributed by atoms with E-state index in [9.17, 15) is 24.6 Å². The number of carboxylic acid groups (broad SMARTS) is 1. The van der Waals surface area contributed by atoms with Gasteiger partial charge in [0, 0.05) is 27.7 Å². The summed E-state index contributed by atoms with van der Waals surface area (Å²) < 4.78 is 6.20. The maximum Gasteiger partial charge on any atom is 0.303 e. The quantitative estimate of drug-likeness (QED) is 0.367. The van der Waals surface area contributed by atoms with Crippen LogP contribution in [0.3, 0.4) is 0 Å². The first-order chi connectivity index (χ1) is 16.7. The van der Waals surface area contributed by atoms with Gasteiger partial charge in [-0.3, -0.25) is 14.4 Å². The van der Waals surface area contributed by atoms with Crippen molar-refractivity contribution in [3.63, 3.8) is 0 Å². The Balaban J connectivity index is 1.68. The Labute approximate surface area is 209 Å². The molecule has 0 aliphatic heterocycles. The number of rotatable bonds is 11. The predicted molar refractivity (Wildman–Crippen MR) is 134 cm³/mol. The van der Waals surface area contributed by atoms with Gasteiger partial charge in [-0.2, -0.15) is 0 Å². The predicted octanol–water partition coefficient (Wildman–Crippen LogP) is 5.05. The molecule has 1 saturated carbocycles. The zero-order chi connectivity index (χ0) is 25.5. The first kappa shape index (κ1) is 26.8. The molecule has 3 N–H and O–H groups in total. The molecule has 0 aromatic heterocycles. The second kappa shape index (κ2) is 12.2. The number of aliphatic carboxylic acids is 1. The number of hydrogen-bond donors (Lipinski definition) is 3. The number of carboxylic acids is 1. The normalized spacial score (nSPS) is 19.8. The van der Waals surface area contributed by atoms with Gasteiger partial charge in [-0.05, 0) is 56.9 Å². The van der Waals surface area contributed by atoms with Gasteiger partial charge in [-0.25, -0.2) is 0 Å². The third-order valence-corrected chi connectivity index (χ3v) is 7.53. The standard InChI is InChI=1S/C27H32O7S/c1-3-5-20-22(14-12-19(16(2)28)26(20)32)34-23-6-4-7-24(27(23)33)35-18-10-8-17(9-11-18)21(29)13-15-25(30)31/h8-12,14,23-24,27,32-33H,3-7,13,15H2,1-2H3,(H,30,31). The van der Waals surface area contributed by atoms with Gasteiger partial charge in [0.2, 0.25) is 0 Å². The van der Waals surface area contributed by atoms with Crippen LogP contribution in [0, 0.1) is 0 Å². The number of aromatic hydroxyl groups is 1. The molecule has 3 rings (SSSR count). The summed E-state index contributed by atoms with van der Waals surface area (Å²) in [6.45, 7) is 3.40. The summed E-state index contributed by atoms with van der Waals surface area (Å²) in [5, 5.41) is 30.3. The third kappa shape index (κ3) is 6.86. The number of hydrogen-bond acceptors (Lipinski definition) is 7. The lowest BCUT2D eigenvalue weighted by Gasteiger charge is -2.35. The van der Waals surface area contributed by atoms with Crippen molar-refractivity contribution >= 4 is 29.3 Å². The van der Waals surface area contributed by atoms with E-state index in [4.69, 9.17) is 9.84 Å². The Morgan fingerprint density at radius 3 is 2.40 bits per heavy atom. The molecule has 0 heterocycles. The number of thioether (sulfide) groups is 1. The number of ketones is 2. The summed E-state index contributed by atoms with van der Waals surface area (Å²) in [6, 6.07) is 10.3. The highest BCUT2D eigenvalue weighted by molar-refractivity contribution is 8.00. The van der Waals surface area contributed by atoms with Crippen LogP contribution in [0.4, 0.5) is 0 Å². The molecule has 0 spiro atoms. The Morgan fingerprint density at radius 2 is 1.77 bits per heavy atom. The van der Waals surface area contributed by atoms with E-state index in [0.29, 0.717) is 29.7 Å². The zero-order valence-electron chi connectivity index (χ0n) is 20.0. The molecule has 0 amide bonds. The number of phenolic OH excluding ortho intramolecular Hbond substituents is 1. The number of benzene rings is 2. The Bertz CT molecular complexity index is 1060. The largest absolute Gasteiger partial charge is 0.507 e. The molecular weight excluding hydrogens is 468 g/mol. The van der Waals surface area contributed by atoms with Crippen molar-refractivity contribution in [1.29, 1.82) is 0 Å². The molecular formula is C27H32O7S. The first-order valence-corrected chi connectivity index (χ1v) is 12.8. The number of aliphatic hydroxyl groups excluding tert-OH is 1. The second-order valence-electron chi connectivity index (χ2n) is 8.82. The number of carbonyl (C=O) groups is 3. The summed E-state index contributed by atoms with van der Waals surface area (Å²) in [4.78, 5) is 35.5. The number of carbonyl (C=O) groups excluding carboxylic acids is 2. The van der Waals surface area contributed by atoms with E-state index in [1.54, 1.807) is 24.3 Å². The molecule has 8 heteroatoms. The van der Waals surface area contributed by atoms with Crippen molar-refractivity contribution in [1.82, 2.24) is 0 Å². The summed E-state index contributed by atoms with van der Waals surface area (Å²) in [5.41, 5.74) is 1.33. The molecule has 0 saturated heterocycles. The van der Waals surface area contributed by atoms with Crippen LogP contribution in [0.5, 0.6) is 11.5 Å². The average Bonchev–Trinajstić information content (AvgIpc) is 2.82. The summed E-state index contributed by atoms with van der Waals surface area (Å²) in [5.74, 6) is -0.980. The lowest BCUT2D eigenvalue weighted by atomic mass is 9.93. The molecule has 0 bridgehead atoms. The number of ether oxygens (including phenoxy) is 1. The van der Waals surface area contributed by atoms with Crippen molar-refractivity contribution in [2.24, 2.45) is 0 Å². The van der Waals surface area contributed by atoms with Crippen LogP contribution in [0.15, 0.2) is 41.3 Å². The van der Waals surface area contributed by atoms with Crippen LogP contribution in [0.2, 0.25) is 0 Å². The van der Waals surface area contributed by atoms with Gasteiger partial charge in [-0.1, -0.05) is 25.5 Å². The molecule has 7 nitrogen and oxygen atoms in total. The minimum Gasteiger partial charge on any atom is -0.507 e. The molecule has 35 heavy (non-hydrogen) atoms. The van der Waals surface area contributed by atoms with E-state index < -0.39 is 18.2 Å². The minimum absolute atomic E-state index is 0.0366. The maximum atomic E-state index is 12.1. The lowest BCUT2D eigenvalue weighted by Crippen LogP contribution is -2.43. The van der Waals surface area contributed by atoms with Gasteiger partial charge in [0.1, 0.15) is 23.7 Å². The van der Waals surface area contributed by atoms with Gasteiger partial charge in [0.15, 0.2) is 11.6 Å². The molecule has 3 unspecified atom stereocenters. The van der Waals surface area contributed by atoms with Crippen molar-refractivity contribution in [2.75, 3.05) is 0 Å². The minimum atomic E-state index is -1.000. The molecule has 1 aliphatic carbocycles. The third-order valence-electron chi connectivity index (χ3n) is 6.17. The number of Topliss-reactive ketones (excluding diaryl/α,β-unsaturated/α-hetero) is 2. The molecule has 0 radical (unpaired) electrons. The van der Waals surface area contributed by atoms with E-state index in [0.717, 1.165) is 24.2 Å². The highest BCUT2D eigenvalue weighted by atomic mass is 32.2. The molecule has 3 atom stereocenters. The molecule has 2 aromatic carbocycles. The molecule has 188 valence electrons. The van der Waals surface area contributed by atoms with Crippen LogP contribution in [0.1, 0.15) is 78.7 Å². The van der Waals surface area contributed by atoms with E-state index in [1.807, 2.05) is 19.1 Å². The van der Waals surface area contributed by atoms with Gasteiger partial charge >= 0.3 is 5.97 Å². The fraction of sp³-hybridized carbons (Fsp3) is 0.444. The van der Waals surface area contributed by atoms with Crippen LogP contribution in [-0.4, -0.2) is 50.3 Å². The molecule has 1 fully saturated rings. The van der Waals surface area contributed by atoms with E-state index in [1.165, 1.54) is 18.7 Å². The van der Waals surface area contributed by atoms with E-state index in [2.05, 4.69) is 0 Å². The maximum absolute atomic E-state index is 12.1. The van der Waals surface area contributed by atoms with Crippen LogP contribution < -0.4 is 4.74 Å². The first-order valence-electron chi connectivity index (χ1n) is 11.9. The van der Waals surface area contributed by atoms with Crippen molar-refractivity contribution < 1.29 is 34.4 Å². The fourth-order valence-electron chi connectivity index (χ4n) is 4.28. The molecule has 2 aromatic rings. The van der Waals surface area contributed by atoms with Crippen molar-refractivity contribution in [2.45, 2.75) is 81.1 Å². The van der Waals surface area contributed by atoms with Gasteiger partial charge < -0.3 is 20.1 Å². The van der Waals surface area contributed by atoms with Crippen LogP contribution in [-0.2, 0) is 11.2 Å². The zero-order valence-corrected chi connectivity index (χ0v) is 20.8. The van der Waals surface area contributed by atoms with Gasteiger partial charge in [0.25, 0.3) is 0 Å². The average molecular weight is 501 g/mol. The van der Waals surface area contributed by atoms with Crippen molar-refractivity contribution in [3.8, 4) is 11.5 Å². The Kier molecular flexibility index (Phi) is 9.34. The highest BCUT2D eigenvalue weighted by Crippen LogP contribution is 2.38. The van der Waals surface area contributed by atoms with Gasteiger partial charge in [-0.15, -0.1) is 11.8 Å². The Hall–Kier alpha value is -2.84. The molecule has 1 aliphatic rings. The van der Waals surface area contributed by atoms with E-state index in [-0.39, 0.29) is 41.0 Å². The van der Waals surface area contributed by atoms with Gasteiger partial charge in [0.05, 0.1) is 12.0 Å². The number of phenols is 1. The highest BCUT2D eigenvalue weighted by Gasteiger charge is 2.34. The fourth-order valence-corrected chi connectivity index (χ4v) is 5.53. The second-order valence-corrected chi connectivity index (χ2v) is 10.1. The van der Waals surface area contributed by atoms with Crippen LogP contribution in [0.25, 0.3) is 0 Å². The monoisotopic (exact) mass is 500 g/mol. The van der Waals surface area contributed by atoms with Crippen molar-refractivity contribution in [3.05, 3.63) is 53.1 Å². The number of aliphatic hydroxyl groups is 1. The van der Waals surface area contributed by atoms with Crippen LogP contribution >= 0.6 is 11.8 Å². The van der Waals surface area contributed by atoms with E-state index >= 15 is 0 Å². The smallest absolute Gasteiger partial charge is 0.303 e. The SMILES string of the molecule is CCCc1c(OC2CCCC(Sc3ccc(C(=O)CCC(=O)O)cc3)C2O)ccc(C(C)=O)c1O. The Morgan fingerprint density at radius 1 is 1.06 bits per heavy atom.